The molecule has 1 amide bonds. The molecule has 1 fully saturated rings. The van der Waals surface area contributed by atoms with Gasteiger partial charge in [-0.25, -0.2) is 0 Å². The van der Waals surface area contributed by atoms with E-state index in [-0.39, 0.29) is 24.2 Å². The van der Waals surface area contributed by atoms with Crippen LogP contribution < -0.4 is 4.74 Å². The van der Waals surface area contributed by atoms with E-state index >= 15 is 0 Å². The molecule has 0 radical (unpaired) electrons. The molecule has 6 heteroatoms. The molecule has 0 N–H and O–H groups in total. The number of ether oxygens (including phenoxy) is 2. The Labute approximate surface area is 204 Å². The van der Waals surface area contributed by atoms with Crippen LogP contribution in [-0.4, -0.2) is 37.0 Å². The van der Waals surface area contributed by atoms with E-state index in [1.165, 1.54) is 7.11 Å². The van der Waals surface area contributed by atoms with Crippen LogP contribution in [0.15, 0.2) is 89.3 Å². The lowest BCUT2D eigenvalue weighted by Gasteiger charge is -2.39. The summed E-state index contributed by atoms with van der Waals surface area (Å²) in [7, 11) is 1.41. The summed E-state index contributed by atoms with van der Waals surface area (Å²) in [6.45, 7) is 1.05. The predicted molar refractivity (Wildman–Crippen MR) is 132 cm³/mol. The minimum atomic E-state index is -0.764. The van der Waals surface area contributed by atoms with Crippen molar-refractivity contribution < 1.29 is 23.5 Å². The average Bonchev–Trinajstić information content (AvgIpc) is 3.30. The maximum Gasteiger partial charge on any atom is 0.316 e. The summed E-state index contributed by atoms with van der Waals surface area (Å²) in [6, 6.07) is 26.8. The van der Waals surface area contributed by atoms with Crippen LogP contribution in [0.25, 0.3) is 11.0 Å². The molecule has 2 heterocycles. The third-order valence-electron chi connectivity index (χ3n) is 6.83. The van der Waals surface area contributed by atoms with Gasteiger partial charge in [-0.05, 0) is 36.6 Å². The van der Waals surface area contributed by atoms with Gasteiger partial charge >= 0.3 is 5.97 Å². The number of piperidine rings is 1. The van der Waals surface area contributed by atoms with Crippen molar-refractivity contribution in [3.63, 3.8) is 0 Å². The van der Waals surface area contributed by atoms with Gasteiger partial charge in [0, 0.05) is 24.0 Å². The predicted octanol–water partition coefficient (Wildman–Crippen LogP) is 5.36. The molecule has 1 saturated heterocycles. The molecular formula is C29H27NO5. The Hall–Kier alpha value is -4.06. The number of nitrogens with zero attached hydrogens (tertiary/aromatic N) is 1. The van der Waals surface area contributed by atoms with Gasteiger partial charge in [-0.2, -0.15) is 0 Å². The van der Waals surface area contributed by atoms with E-state index in [0.717, 1.165) is 22.3 Å². The van der Waals surface area contributed by atoms with Gasteiger partial charge in [0.05, 0.1) is 12.5 Å². The molecule has 35 heavy (non-hydrogen) atoms. The number of benzene rings is 3. The fraction of sp³-hybridized carbons (Fsp3) is 0.241. The number of furan rings is 1. The number of amides is 1. The van der Waals surface area contributed by atoms with E-state index in [1.807, 2.05) is 84.9 Å². The molecule has 0 saturated carbocycles. The van der Waals surface area contributed by atoms with E-state index in [4.69, 9.17) is 13.9 Å². The minimum Gasteiger partial charge on any atom is -0.489 e. The first-order valence-electron chi connectivity index (χ1n) is 11.7. The fourth-order valence-corrected chi connectivity index (χ4v) is 4.89. The summed E-state index contributed by atoms with van der Waals surface area (Å²) in [4.78, 5) is 28.3. The summed E-state index contributed by atoms with van der Waals surface area (Å²) in [5, 5.41) is 0.858. The highest BCUT2D eigenvalue weighted by molar-refractivity contribution is 5.99. The van der Waals surface area contributed by atoms with Crippen LogP contribution in [0.3, 0.4) is 0 Å². The first-order valence-corrected chi connectivity index (χ1v) is 11.7. The number of esters is 1. The number of fused-ring (bicyclic) bond motifs is 1. The normalized spacial score (nSPS) is 15.1. The molecule has 0 aliphatic carbocycles. The number of carbonyl (C=O) groups is 2. The number of para-hydroxylation sites is 2. The quantitative estimate of drug-likeness (QED) is 0.356. The van der Waals surface area contributed by atoms with Crippen LogP contribution in [0.2, 0.25) is 0 Å². The summed E-state index contributed by atoms with van der Waals surface area (Å²) < 4.78 is 17.2. The van der Waals surface area contributed by atoms with Gasteiger partial charge in [-0.1, -0.05) is 66.7 Å². The van der Waals surface area contributed by atoms with Gasteiger partial charge in [-0.3, -0.25) is 9.59 Å². The standard InChI is InChI=1S/C29H27NO5/c1-33-28(32)29(21-10-4-2-5-11-21)16-18-30(19-17-29)27(31)26-24(20-34-22-12-6-3-7-13-22)23-14-8-9-15-25(23)35-26/h2-15H,16-20H2,1H3. The molecule has 0 atom stereocenters. The Morgan fingerprint density at radius 2 is 1.51 bits per heavy atom. The zero-order chi connectivity index (χ0) is 24.3. The second-order valence-electron chi connectivity index (χ2n) is 8.74. The monoisotopic (exact) mass is 469 g/mol. The molecule has 1 aliphatic rings. The molecule has 4 aromatic rings. The Bertz CT molecular complexity index is 1320. The van der Waals surface area contributed by atoms with Crippen molar-refractivity contribution in [2.45, 2.75) is 24.9 Å². The number of hydrogen-bond donors (Lipinski definition) is 0. The third kappa shape index (κ3) is 4.28. The van der Waals surface area contributed by atoms with E-state index < -0.39 is 5.41 Å². The second kappa shape index (κ2) is 9.66. The van der Waals surface area contributed by atoms with Crippen molar-refractivity contribution in [3.8, 4) is 5.75 Å². The zero-order valence-corrected chi connectivity index (χ0v) is 19.6. The van der Waals surface area contributed by atoms with Crippen molar-refractivity contribution in [1.29, 1.82) is 0 Å². The molecule has 3 aromatic carbocycles. The molecular weight excluding hydrogens is 442 g/mol. The van der Waals surface area contributed by atoms with Crippen LogP contribution in [0, 0.1) is 0 Å². The number of methoxy groups -OCH3 is 1. The van der Waals surface area contributed by atoms with Gasteiger partial charge in [0.15, 0.2) is 5.76 Å². The number of rotatable bonds is 6. The van der Waals surface area contributed by atoms with Crippen molar-refractivity contribution in [2.24, 2.45) is 0 Å². The van der Waals surface area contributed by atoms with Gasteiger partial charge in [-0.15, -0.1) is 0 Å². The van der Waals surface area contributed by atoms with E-state index in [2.05, 4.69) is 0 Å². The van der Waals surface area contributed by atoms with Gasteiger partial charge in [0.1, 0.15) is 17.9 Å². The van der Waals surface area contributed by atoms with Gasteiger partial charge in [0.2, 0.25) is 0 Å². The first kappa shape index (κ1) is 22.7. The van der Waals surface area contributed by atoms with Crippen LogP contribution in [0.1, 0.15) is 34.5 Å². The summed E-state index contributed by atoms with van der Waals surface area (Å²) >= 11 is 0. The first-order chi connectivity index (χ1) is 17.1. The highest BCUT2D eigenvalue weighted by Gasteiger charge is 2.45. The Morgan fingerprint density at radius 3 is 2.20 bits per heavy atom. The average molecular weight is 470 g/mol. The summed E-state index contributed by atoms with van der Waals surface area (Å²) in [5.74, 6) is 0.545. The molecule has 178 valence electrons. The highest BCUT2D eigenvalue weighted by Crippen LogP contribution is 2.38. The Balaban J connectivity index is 1.40. The van der Waals surface area contributed by atoms with Crippen LogP contribution >= 0.6 is 0 Å². The van der Waals surface area contributed by atoms with Crippen LogP contribution in [0.5, 0.6) is 5.75 Å². The largest absolute Gasteiger partial charge is 0.489 e. The maximum absolute atomic E-state index is 13.6. The van der Waals surface area contributed by atoms with Gasteiger partial charge in [0.25, 0.3) is 5.91 Å². The number of carbonyl (C=O) groups excluding carboxylic acids is 2. The molecule has 0 spiro atoms. The minimum absolute atomic E-state index is 0.195. The molecule has 1 aliphatic heterocycles. The smallest absolute Gasteiger partial charge is 0.316 e. The second-order valence-corrected chi connectivity index (χ2v) is 8.74. The lowest BCUT2D eigenvalue weighted by molar-refractivity contribution is -0.149. The van der Waals surface area contributed by atoms with E-state index in [9.17, 15) is 9.59 Å². The molecule has 1 aromatic heterocycles. The maximum atomic E-state index is 13.6. The van der Waals surface area contributed by atoms with Gasteiger partial charge < -0.3 is 18.8 Å². The summed E-state index contributed by atoms with van der Waals surface area (Å²) in [5.41, 5.74) is 1.52. The van der Waals surface area contributed by atoms with Crippen molar-refractivity contribution in [1.82, 2.24) is 4.90 Å². The zero-order valence-electron chi connectivity index (χ0n) is 19.6. The molecule has 6 nitrogen and oxygen atoms in total. The number of hydrogen-bond acceptors (Lipinski definition) is 5. The molecule has 0 unspecified atom stereocenters. The number of likely N-dealkylation sites (tertiary alicyclic amines) is 1. The highest BCUT2D eigenvalue weighted by atomic mass is 16.5. The Kier molecular flexibility index (Phi) is 6.27. The molecule has 5 rings (SSSR count). The lowest BCUT2D eigenvalue weighted by Crippen LogP contribution is -2.49. The molecule has 0 bridgehead atoms. The Morgan fingerprint density at radius 1 is 0.886 bits per heavy atom. The fourth-order valence-electron chi connectivity index (χ4n) is 4.89. The SMILES string of the molecule is COC(=O)C1(c2ccccc2)CCN(C(=O)c2oc3ccccc3c2COc2ccccc2)CC1. The van der Waals surface area contributed by atoms with Crippen molar-refractivity contribution in [3.05, 3.63) is 102 Å². The topological polar surface area (TPSA) is 69.0 Å². The van der Waals surface area contributed by atoms with Crippen LogP contribution in [-0.2, 0) is 21.6 Å². The van der Waals surface area contributed by atoms with Crippen molar-refractivity contribution >= 4 is 22.8 Å². The lowest BCUT2D eigenvalue weighted by atomic mass is 9.72. The van der Waals surface area contributed by atoms with Crippen LogP contribution in [0.4, 0.5) is 0 Å². The summed E-state index contributed by atoms with van der Waals surface area (Å²) in [6.07, 6.45) is 0.955. The third-order valence-corrected chi connectivity index (χ3v) is 6.83. The van der Waals surface area contributed by atoms with E-state index in [1.54, 1.807) is 4.90 Å². The van der Waals surface area contributed by atoms with E-state index in [0.29, 0.717) is 31.5 Å². The van der Waals surface area contributed by atoms with Crippen molar-refractivity contribution in [2.75, 3.05) is 20.2 Å².